The normalized spacial score (nSPS) is 18.8. The minimum atomic E-state index is -1.47. The number of hydrogen-bond acceptors (Lipinski definition) is 8. The Kier molecular flexibility index (Phi) is 17.7. The quantitative estimate of drug-likeness (QED) is 0.173. The molecule has 0 aromatic carbocycles. The molecule has 0 unspecified atom stereocenters. The summed E-state index contributed by atoms with van der Waals surface area (Å²) < 4.78 is 1.52. The Labute approximate surface area is 305 Å². The first-order valence-electron chi connectivity index (χ1n) is 18.5. The number of aromatic nitrogens is 2. The van der Waals surface area contributed by atoms with Crippen LogP contribution in [0.4, 0.5) is 0 Å². The van der Waals surface area contributed by atoms with E-state index in [2.05, 4.69) is 28.9 Å². The van der Waals surface area contributed by atoms with Gasteiger partial charge in [-0.2, -0.15) is 5.10 Å². The van der Waals surface area contributed by atoms with Gasteiger partial charge in [-0.25, -0.2) is 4.68 Å². The zero-order chi connectivity index (χ0) is 38.1. The molecule has 3 aliphatic rings. The first-order chi connectivity index (χ1) is 24.5. The number of Topliss-reactive ketones (excluding diaryl/α,β-unsaturated/α-hetero) is 1. The van der Waals surface area contributed by atoms with Crippen LogP contribution in [0.1, 0.15) is 106 Å². The van der Waals surface area contributed by atoms with Crippen LogP contribution in [0, 0.1) is 5.92 Å². The number of nitrogens with zero attached hydrogens (tertiary/aromatic N) is 6. The number of hydrogen-bond donors (Lipinski definition) is 2. The first kappa shape index (κ1) is 42.8. The third kappa shape index (κ3) is 11.1. The summed E-state index contributed by atoms with van der Waals surface area (Å²) in [6, 6.07) is 0. The molecule has 2 amide bonds. The Morgan fingerprint density at radius 3 is 2.20 bits per heavy atom. The van der Waals surface area contributed by atoms with Crippen molar-refractivity contribution in [2.24, 2.45) is 21.6 Å². The van der Waals surface area contributed by atoms with E-state index in [4.69, 9.17) is 5.73 Å². The fraction of sp³-hybridized carbons (Fsp3) is 0.550. The van der Waals surface area contributed by atoms with Gasteiger partial charge in [-0.3, -0.25) is 24.4 Å². The van der Waals surface area contributed by atoms with Gasteiger partial charge in [-0.15, -0.1) is 0 Å². The summed E-state index contributed by atoms with van der Waals surface area (Å²) in [5.41, 5.74) is 9.86. The molecule has 11 heteroatoms. The van der Waals surface area contributed by atoms with E-state index < -0.39 is 5.60 Å². The molecule has 3 aliphatic heterocycles. The van der Waals surface area contributed by atoms with E-state index in [0.717, 1.165) is 22.4 Å². The van der Waals surface area contributed by atoms with Crippen LogP contribution >= 0.6 is 0 Å². The number of aliphatic hydroxyl groups is 1. The molecule has 0 bridgehead atoms. The summed E-state index contributed by atoms with van der Waals surface area (Å²) >= 11 is 0. The summed E-state index contributed by atoms with van der Waals surface area (Å²) in [5, 5.41) is 15.7. The average molecular weight is 704 g/mol. The fourth-order valence-electron chi connectivity index (χ4n) is 6.37. The van der Waals surface area contributed by atoms with Gasteiger partial charge >= 0.3 is 0 Å². The number of nitrogens with two attached hydrogens (primary N) is 1. The second-order valence-corrected chi connectivity index (χ2v) is 12.6. The monoisotopic (exact) mass is 703 g/mol. The Morgan fingerprint density at radius 2 is 1.67 bits per heavy atom. The van der Waals surface area contributed by atoms with E-state index in [-0.39, 0.29) is 42.2 Å². The number of carbonyl (C=O) groups is 3. The van der Waals surface area contributed by atoms with Crippen molar-refractivity contribution < 1.29 is 19.5 Å². The second kappa shape index (κ2) is 21.1. The molecule has 0 saturated carbocycles. The third-order valence-electron chi connectivity index (χ3n) is 9.06. The van der Waals surface area contributed by atoms with Gasteiger partial charge < -0.3 is 20.6 Å². The Hall–Kier alpha value is -4.38. The lowest BCUT2D eigenvalue weighted by molar-refractivity contribution is -0.160. The maximum atomic E-state index is 13.4. The van der Waals surface area contributed by atoms with Gasteiger partial charge in [0, 0.05) is 82.8 Å². The maximum Gasteiger partial charge on any atom is 0.254 e. The molecule has 11 nitrogen and oxygen atoms in total. The van der Waals surface area contributed by atoms with Gasteiger partial charge in [0.25, 0.3) is 5.91 Å². The van der Waals surface area contributed by atoms with Crippen LogP contribution in [0.3, 0.4) is 0 Å². The summed E-state index contributed by atoms with van der Waals surface area (Å²) in [6.45, 7) is 17.1. The largest absolute Gasteiger partial charge is 0.383 e. The average Bonchev–Trinajstić information content (AvgIpc) is 3.52. The smallest absolute Gasteiger partial charge is 0.254 e. The molecular formula is C40H61N7O4. The molecule has 3 N–H and O–H groups in total. The van der Waals surface area contributed by atoms with Gasteiger partial charge in [0.1, 0.15) is 11.4 Å². The van der Waals surface area contributed by atoms with Crippen LogP contribution in [-0.2, 0) is 14.4 Å². The summed E-state index contributed by atoms with van der Waals surface area (Å²) in [4.78, 5) is 51.0. The standard InChI is InChI=1S/C35H47N7O4.C3H8.C2H6/c1-6-9-25(7-2)29-11-10-26(12-17-38-29)28-22-39-42(23-28)33(36)31(24(4)43)32(37-5)27-13-18-41(19-14-27)34(45)35(46)15-20-40(21-16-35)30(44)8-3;1-3-2;1-2/h6-7,9-11,17,22-23,27,46H,8,12-16,18-21,36H2,1-5H3;3H2,1-2H3;1-2H3/b9-6-,25-7+,33-31-,37-32?;;. The lowest BCUT2D eigenvalue weighted by atomic mass is 9.84. The van der Waals surface area contributed by atoms with Crippen LogP contribution in [-0.4, -0.2) is 93.0 Å². The molecule has 4 rings (SSSR count). The van der Waals surface area contributed by atoms with Crippen molar-refractivity contribution in [3.63, 3.8) is 0 Å². The summed E-state index contributed by atoms with van der Waals surface area (Å²) in [5.74, 6) is -0.370. The van der Waals surface area contributed by atoms with Crippen LogP contribution in [0.2, 0.25) is 0 Å². The van der Waals surface area contributed by atoms with Crippen LogP contribution in [0.15, 0.2) is 69.6 Å². The molecule has 1 aromatic rings. The SMILES string of the molecule is C/C=C\C(=C/C)C1=CC=C(c2cnn(/C(N)=C(/C(C)=O)C(=NC)C3CCN(C(=O)C4(O)CCN(C(=O)CC)CC4)CC3)c2)CC=N1.CC.CCC. The zero-order valence-corrected chi connectivity index (χ0v) is 32.4. The number of amides is 2. The molecule has 0 spiro atoms. The Bertz CT molecular complexity index is 1560. The molecule has 0 radical (unpaired) electrons. The van der Waals surface area contributed by atoms with Crippen molar-refractivity contribution in [1.29, 1.82) is 0 Å². The van der Waals surface area contributed by atoms with Gasteiger partial charge in [0.2, 0.25) is 5.91 Å². The van der Waals surface area contributed by atoms with Crippen LogP contribution in [0.25, 0.3) is 11.4 Å². The predicted octanol–water partition coefficient (Wildman–Crippen LogP) is 6.38. The number of ketones is 1. The molecule has 0 aliphatic carbocycles. The minimum absolute atomic E-state index is 0.0344. The number of aliphatic imine (C=N–C) groups is 2. The highest BCUT2D eigenvalue weighted by atomic mass is 16.3. The Balaban J connectivity index is 0.00000171. The van der Waals surface area contributed by atoms with Crippen LogP contribution in [0.5, 0.6) is 0 Å². The molecule has 280 valence electrons. The zero-order valence-electron chi connectivity index (χ0n) is 32.4. The van der Waals surface area contributed by atoms with E-state index in [1.807, 2.05) is 77.4 Å². The van der Waals surface area contributed by atoms with E-state index in [1.165, 1.54) is 18.0 Å². The minimum Gasteiger partial charge on any atom is -0.383 e. The van der Waals surface area contributed by atoms with Gasteiger partial charge in [-0.05, 0) is 50.8 Å². The number of piperidine rings is 2. The number of likely N-dealkylation sites (tertiary alicyclic amines) is 2. The highest BCUT2D eigenvalue weighted by Crippen LogP contribution is 2.30. The van der Waals surface area contributed by atoms with Crippen molar-refractivity contribution in [3.05, 3.63) is 65.2 Å². The first-order valence-corrected chi connectivity index (χ1v) is 18.5. The van der Waals surface area contributed by atoms with Crippen molar-refractivity contribution in [2.75, 3.05) is 33.2 Å². The van der Waals surface area contributed by atoms with Crippen molar-refractivity contribution in [3.8, 4) is 0 Å². The maximum absolute atomic E-state index is 13.4. The summed E-state index contributed by atoms with van der Waals surface area (Å²) in [7, 11) is 1.65. The van der Waals surface area contributed by atoms with E-state index in [9.17, 15) is 19.5 Å². The molecule has 2 saturated heterocycles. The van der Waals surface area contributed by atoms with Crippen molar-refractivity contribution >= 4 is 40.9 Å². The molecule has 4 heterocycles. The third-order valence-corrected chi connectivity index (χ3v) is 9.06. The lowest BCUT2D eigenvalue weighted by Gasteiger charge is -2.42. The molecular weight excluding hydrogens is 642 g/mol. The topological polar surface area (TPSA) is 146 Å². The van der Waals surface area contributed by atoms with Crippen molar-refractivity contribution in [1.82, 2.24) is 19.6 Å². The second-order valence-electron chi connectivity index (χ2n) is 12.6. The predicted molar refractivity (Wildman–Crippen MR) is 209 cm³/mol. The lowest BCUT2D eigenvalue weighted by Crippen LogP contribution is -2.57. The molecule has 0 atom stereocenters. The van der Waals surface area contributed by atoms with Crippen LogP contribution < -0.4 is 5.73 Å². The Morgan fingerprint density at radius 1 is 1.04 bits per heavy atom. The van der Waals surface area contributed by atoms with Crippen molar-refractivity contribution in [2.45, 2.75) is 106 Å². The molecule has 1 aromatic heterocycles. The van der Waals surface area contributed by atoms with E-state index in [0.29, 0.717) is 63.1 Å². The molecule has 2 fully saturated rings. The summed E-state index contributed by atoms with van der Waals surface area (Å²) in [6.07, 6.45) is 19.3. The van der Waals surface area contributed by atoms with Gasteiger partial charge in [0.05, 0.1) is 23.2 Å². The number of allylic oxidation sites excluding steroid dienone is 7. The highest BCUT2D eigenvalue weighted by molar-refractivity contribution is 6.25. The fourth-order valence-corrected chi connectivity index (χ4v) is 6.37. The number of carbonyl (C=O) groups excluding carboxylic acids is 3. The van der Waals surface area contributed by atoms with E-state index >= 15 is 0 Å². The highest BCUT2D eigenvalue weighted by Gasteiger charge is 2.43. The van der Waals surface area contributed by atoms with Gasteiger partial charge in [-0.1, -0.05) is 65.3 Å². The van der Waals surface area contributed by atoms with E-state index in [1.54, 1.807) is 23.0 Å². The molecule has 51 heavy (non-hydrogen) atoms. The number of rotatable bonds is 9. The van der Waals surface area contributed by atoms with Gasteiger partial charge in [0.15, 0.2) is 5.78 Å².